The minimum Gasteiger partial charge on any atom is -0.341 e. The summed E-state index contributed by atoms with van der Waals surface area (Å²) < 4.78 is 39.4. The molecule has 0 unspecified atom stereocenters. The number of rotatable bonds is 7. The van der Waals surface area contributed by atoms with Crippen LogP contribution in [0.1, 0.15) is 48.4 Å². The van der Waals surface area contributed by atoms with E-state index < -0.39 is 17.6 Å². The summed E-state index contributed by atoms with van der Waals surface area (Å²) in [6, 6.07) is 6.32. The maximum Gasteiger partial charge on any atom is 0.418 e. The third kappa shape index (κ3) is 5.42. The van der Waals surface area contributed by atoms with Gasteiger partial charge in [0.05, 0.1) is 11.3 Å². The Morgan fingerprint density at radius 2 is 1.74 bits per heavy atom. The molecule has 1 aromatic heterocycles. The van der Waals surface area contributed by atoms with Crippen LogP contribution < -0.4 is 10.2 Å². The highest BCUT2D eigenvalue weighted by Gasteiger charge is 2.33. The van der Waals surface area contributed by atoms with Crippen LogP contribution in [0, 0.1) is 6.92 Å². The molecule has 5 nitrogen and oxygen atoms in total. The first-order chi connectivity index (χ1) is 12.8. The number of halogens is 3. The molecule has 1 amide bonds. The Morgan fingerprint density at radius 3 is 2.33 bits per heavy atom. The molecule has 0 spiro atoms. The molecule has 1 N–H and O–H groups in total. The SMILES string of the molecule is CCCN(CCC)c1nc(C)cc(C(=O)Nc2ccccc2C(F)(F)F)n1. The number of hydrogen-bond acceptors (Lipinski definition) is 4. The summed E-state index contributed by atoms with van der Waals surface area (Å²) in [7, 11) is 0. The molecular weight excluding hydrogens is 357 g/mol. The van der Waals surface area contributed by atoms with Crippen molar-refractivity contribution >= 4 is 17.5 Å². The average molecular weight is 380 g/mol. The Labute approximate surface area is 156 Å². The van der Waals surface area contributed by atoms with Gasteiger partial charge in [-0.25, -0.2) is 9.97 Å². The van der Waals surface area contributed by atoms with Crippen molar-refractivity contribution in [3.63, 3.8) is 0 Å². The number of alkyl halides is 3. The Balaban J connectivity index is 2.32. The van der Waals surface area contributed by atoms with Crippen LogP contribution in [-0.2, 0) is 6.18 Å². The number of anilines is 2. The van der Waals surface area contributed by atoms with E-state index in [4.69, 9.17) is 0 Å². The Morgan fingerprint density at radius 1 is 1.11 bits per heavy atom. The molecule has 0 aliphatic heterocycles. The number of hydrogen-bond donors (Lipinski definition) is 1. The molecule has 27 heavy (non-hydrogen) atoms. The lowest BCUT2D eigenvalue weighted by molar-refractivity contribution is -0.136. The van der Waals surface area contributed by atoms with E-state index in [1.807, 2.05) is 18.7 Å². The number of benzene rings is 1. The summed E-state index contributed by atoms with van der Waals surface area (Å²) >= 11 is 0. The van der Waals surface area contributed by atoms with Gasteiger partial charge in [-0.1, -0.05) is 26.0 Å². The second-order valence-corrected chi connectivity index (χ2v) is 6.18. The van der Waals surface area contributed by atoms with Crippen molar-refractivity contribution in [2.24, 2.45) is 0 Å². The minimum absolute atomic E-state index is 0.0340. The molecular formula is C19H23F3N4O. The fourth-order valence-electron chi connectivity index (χ4n) is 2.69. The normalized spacial score (nSPS) is 11.3. The molecule has 0 aliphatic carbocycles. The van der Waals surface area contributed by atoms with Crippen LogP contribution in [0.3, 0.4) is 0 Å². The maximum absolute atomic E-state index is 13.1. The molecule has 0 atom stereocenters. The van der Waals surface area contributed by atoms with Gasteiger partial charge in [-0.15, -0.1) is 0 Å². The Bertz CT molecular complexity index is 787. The number of carbonyl (C=O) groups is 1. The fraction of sp³-hybridized carbons (Fsp3) is 0.421. The quantitative estimate of drug-likeness (QED) is 0.758. The zero-order chi connectivity index (χ0) is 20.0. The Kier molecular flexibility index (Phi) is 6.76. The number of nitrogens with zero attached hydrogens (tertiary/aromatic N) is 3. The van der Waals surface area contributed by atoms with E-state index in [9.17, 15) is 18.0 Å². The van der Waals surface area contributed by atoms with Crippen LogP contribution >= 0.6 is 0 Å². The van der Waals surface area contributed by atoms with Gasteiger partial charge in [0.2, 0.25) is 5.95 Å². The first kappa shape index (κ1) is 20.7. The van der Waals surface area contributed by atoms with Crippen molar-refractivity contribution in [1.29, 1.82) is 0 Å². The standard InChI is InChI=1S/C19H23F3N4O/c1-4-10-26(11-5-2)18-23-13(3)12-16(25-18)17(27)24-15-9-7-6-8-14(15)19(20,21)22/h6-9,12H,4-5,10-11H2,1-3H3,(H,24,27). The van der Waals surface area contributed by atoms with Crippen LogP contribution in [0.15, 0.2) is 30.3 Å². The lowest BCUT2D eigenvalue weighted by Crippen LogP contribution is -2.28. The molecule has 0 aliphatic rings. The molecule has 0 saturated heterocycles. The first-order valence-corrected chi connectivity index (χ1v) is 8.84. The molecule has 1 heterocycles. The highest BCUT2D eigenvalue weighted by atomic mass is 19.4. The van der Waals surface area contributed by atoms with Gasteiger partial charge in [-0.05, 0) is 38.0 Å². The third-order valence-corrected chi connectivity index (χ3v) is 3.83. The molecule has 146 valence electrons. The van der Waals surface area contributed by atoms with E-state index >= 15 is 0 Å². The van der Waals surface area contributed by atoms with E-state index in [-0.39, 0.29) is 11.4 Å². The Hall–Kier alpha value is -2.64. The lowest BCUT2D eigenvalue weighted by Gasteiger charge is -2.22. The van der Waals surface area contributed by atoms with Crippen molar-refractivity contribution < 1.29 is 18.0 Å². The highest BCUT2D eigenvalue weighted by molar-refractivity contribution is 6.03. The van der Waals surface area contributed by atoms with Crippen LogP contribution in [0.25, 0.3) is 0 Å². The lowest BCUT2D eigenvalue weighted by atomic mass is 10.1. The van der Waals surface area contributed by atoms with E-state index in [1.54, 1.807) is 6.92 Å². The first-order valence-electron chi connectivity index (χ1n) is 8.84. The van der Waals surface area contributed by atoms with Crippen molar-refractivity contribution in [2.45, 2.75) is 39.8 Å². The summed E-state index contributed by atoms with van der Waals surface area (Å²) in [5.74, 6) is -0.292. The monoisotopic (exact) mass is 380 g/mol. The van der Waals surface area contributed by atoms with Gasteiger partial charge in [0.25, 0.3) is 5.91 Å². The molecule has 1 aromatic carbocycles. The summed E-state index contributed by atoms with van der Waals surface area (Å²) in [5.41, 5.74) is -0.590. The largest absolute Gasteiger partial charge is 0.418 e. The number of aryl methyl sites for hydroxylation is 1. The van der Waals surface area contributed by atoms with Gasteiger partial charge in [0.1, 0.15) is 5.69 Å². The van der Waals surface area contributed by atoms with E-state index in [2.05, 4.69) is 15.3 Å². The number of carbonyl (C=O) groups excluding carboxylic acids is 1. The van der Waals surface area contributed by atoms with Crippen LogP contribution in [-0.4, -0.2) is 29.0 Å². The highest BCUT2D eigenvalue weighted by Crippen LogP contribution is 2.34. The van der Waals surface area contributed by atoms with E-state index in [1.165, 1.54) is 24.3 Å². The molecule has 0 radical (unpaired) electrons. The van der Waals surface area contributed by atoms with Crippen LogP contribution in [0.5, 0.6) is 0 Å². The fourth-order valence-corrected chi connectivity index (χ4v) is 2.69. The minimum atomic E-state index is -4.56. The molecule has 0 saturated carbocycles. The summed E-state index contributed by atoms with van der Waals surface area (Å²) in [5, 5.41) is 2.32. The molecule has 0 fully saturated rings. The maximum atomic E-state index is 13.1. The van der Waals surface area contributed by atoms with E-state index in [0.717, 1.165) is 32.0 Å². The molecule has 2 aromatic rings. The van der Waals surface area contributed by atoms with Gasteiger partial charge >= 0.3 is 6.18 Å². The number of nitrogens with one attached hydrogen (secondary N) is 1. The van der Waals surface area contributed by atoms with Gasteiger partial charge in [-0.2, -0.15) is 13.2 Å². The number of para-hydroxylation sites is 1. The number of aromatic nitrogens is 2. The molecule has 2 rings (SSSR count). The molecule has 0 bridgehead atoms. The van der Waals surface area contributed by atoms with Gasteiger partial charge in [0, 0.05) is 18.8 Å². The van der Waals surface area contributed by atoms with Crippen LogP contribution in [0.2, 0.25) is 0 Å². The summed E-state index contributed by atoms with van der Waals surface area (Å²) in [4.78, 5) is 23.2. The van der Waals surface area contributed by atoms with Crippen molar-refractivity contribution in [1.82, 2.24) is 9.97 Å². The second kappa shape index (κ2) is 8.83. The predicted octanol–water partition coefficient (Wildman–Crippen LogP) is 4.68. The smallest absolute Gasteiger partial charge is 0.341 e. The molecule has 8 heteroatoms. The van der Waals surface area contributed by atoms with Crippen molar-refractivity contribution in [2.75, 3.05) is 23.3 Å². The van der Waals surface area contributed by atoms with Crippen molar-refractivity contribution in [3.05, 3.63) is 47.3 Å². The predicted molar refractivity (Wildman–Crippen MR) is 99.0 cm³/mol. The van der Waals surface area contributed by atoms with Gasteiger partial charge in [-0.3, -0.25) is 4.79 Å². The van der Waals surface area contributed by atoms with Gasteiger partial charge < -0.3 is 10.2 Å². The van der Waals surface area contributed by atoms with Crippen molar-refractivity contribution in [3.8, 4) is 0 Å². The topological polar surface area (TPSA) is 58.1 Å². The third-order valence-electron chi connectivity index (χ3n) is 3.83. The van der Waals surface area contributed by atoms with Crippen LogP contribution in [0.4, 0.5) is 24.8 Å². The zero-order valence-electron chi connectivity index (χ0n) is 15.6. The summed E-state index contributed by atoms with van der Waals surface area (Å²) in [6.07, 6.45) is -2.79. The van der Waals surface area contributed by atoms with Gasteiger partial charge in [0.15, 0.2) is 0 Å². The zero-order valence-corrected chi connectivity index (χ0v) is 15.6. The number of amides is 1. The summed E-state index contributed by atoms with van der Waals surface area (Å²) in [6.45, 7) is 7.24. The van der Waals surface area contributed by atoms with E-state index in [0.29, 0.717) is 11.6 Å². The average Bonchev–Trinajstić information content (AvgIpc) is 2.60. The second-order valence-electron chi connectivity index (χ2n) is 6.18.